The van der Waals surface area contributed by atoms with Gasteiger partial charge >= 0.3 is 0 Å². The lowest BCUT2D eigenvalue weighted by Crippen LogP contribution is -2.22. The van der Waals surface area contributed by atoms with Gasteiger partial charge in [0, 0.05) is 27.9 Å². The molecule has 1 atom stereocenters. The van der Waals surface area contributed by atoms with E-state index in [4.69, 9.17) is 0 Å². The van der Waals surface area contributed by atoms with Crippen molar-refractivity contribution >= 4 is 34.8 Å². The van der Waals surface area contributed by atoms with Crippen LogP contribution in [0.3, 0.4) is 0 Å². The smallest absolute Gasteiger partial charge is 0.0468 e. The fourth-order valence-electron chi connectivity index (χ4n) is 7.99. The maximum atomic E-state index is 4.09. The van der Waals surface area contributed by atoms with Crippen LogP contribution in [0, 0.1) is 6.92 Å². The Hall–Kier alpha value is -5.40. The number of hydrogen-bond donors (Lipinski definition) is 0. The van der Waals surface area contributed by atoms with E-state index in [1.54, 1.807) is 0 Å². The van der Waals surface area contributed by atoms with E-state index >= 15 is 0 Å². The molecular weight excluding hydrogens is 627 g/mol. The minimum absolute atomic E-state index is 0.0374. The van der Waals surface area contributed by atoms with Crippen molar-refractivity contribution in [1.82, 2.24) is 0 Å². The zero-order chi connectivity index (χ0) is 37.2. The van der Waals surface area contributed by atoms with E-state index in [1.165, 1.54) is 55.7 Å². The molecule has 0 radical (unpaired) electrons. The van der Waals surface area contributed by atoms with Crippen molar-refractivity contribution in [3.63, 3.8) is 0 Å². The third-order valence-corrected chi connectivity index (χ3v) is 10.6. The second kappa shape index (κ2) is 14.7. The molecule has 2 aliphatic rings. The van der Waals surface area contributed by atoms with Crippen molar-refractivity contribution < 1.29 is 0 Å². The lowest BCUT2D eigenvalue weighted by molar-refractivity contribution is 0.597. The largest absolute Gasteiger partial charge is 0.310 e. The molecule has 0 aromatic heterocycles. The molecule has 5 aromatic rings. The number of benzene rings is 5. The highest BCUT2D eigenvalue weighted by molar-refractivity contribution is 5.88. The van der Waals surface area contributed by atoms with Crippen molar-refractivity contribution in [2.45, 2.75) is 72.6 Å². The molecule has 1 unspecified atom stereocenters. The first-order valence-corrected chi connectivity index (χ1v) is 18.5. The number of fused-ring (bicyclic) bond motifs is 3. The lowest BCUT2D eigenvalue weighted by Gasteiger charge is -2.33. The Kier molecular flexibility index (Phi) is 10.3. The molecule has 0 fully saturated rings. The third-order valence-electron chi connectivity index (χ3n) is 10.6. The van der Waals surface area contributed by atoms with Crippen LogP contribution in [0.25, 0.3) is 28.9 Å². The Morgan fingerprint density at radius 2 is 1.33 bits per heavy atom. The predicted octanol–water partition coefficient (Wildman–Crippen LogP) is 14.7. The van der Waals surface area contributed by atoms with Gasteiger partial charge in [-0.25, -0.2) is 0 Å². The van der Waals surface area contributed by atoms with Gasteiger partial charge in [-0.15, -0.1) is 6.58 Å². The topological polar surface area (TPSA) is 3.24 Å². The van der Waals surface area contributed by atoms with Gasteiger partial charge in [-0.1, -0.05) is 136 Å². The van der Waals surface area contributed by atoms with Gasteiger partial charge in [0.15, 0.2) is 0 Å². The number of anilines is 3. The summed E-state index contributed by atoms with van der Waals surface area (Å²) in [6, 6.07) is 40.5. The van der Waals surface area contributed by atoms with Gasteiger partial charge in [0.05, 0.1) is 0 Å². The quantitative estimate of drug-likeness (QED) is 0.155. The van der Waals surface area contributed by atoms with Crippen LogP contribution in [0.5, 0.6) is 0 Å². The Bertz CT molecular complexity index is 2250. The molecule has 2 aliphatic carbocycles. The molecule has 1 nitrogen and oxygen atoms in total. The summed E-state index contributed by atoms with van der Waals surface area (Å²) in [4.78, 5) is 2.43. The van der Waals surface area contributed by atoms with Gasteiger partial charge < -0.3 is 4.90 Å². The van der Waals surface area contributed by atoms with Gasteiger partial charge in [-0.3, -0.25) is 0 Å². The summed E-state index contributed by atoms with van der Waals surface area (Å²) >= 11 is 0. The molecule has 1 heteroatoms. The summed E-state index contributed by atoms with van der Waals surface area (Å²) in [5.41, 5.74) is 18.8. The molecule has 52 heavy (non-hydrogen) atoms. The fraction of sp³-hybridized carbons (Fsp3) is 0.216. The fourth-order valence-corrected chi connectivity index (χ4v) is 7.99. The number of nitrogens with zero attached hydrogens (tertiary/aromatic N) is 1. The molecule has 0 bridgehead atoms. The van der Waals surface area contributed by atoms with Crippen LogP contribution in [0.2, 0.25) is 0 Å². The monoisotopic (exact) mass is 679 g/mol. The Morgan fingerprint density at radius 3 is 2.02 bits per heavy atom. The Morgan fingerprint density at radius 1 is 0.692 bits per heavy atom. The first kappa shape index (κ1) is 36.4. The maximum absolute atomic E-state index is 4.09. The van der Waals surface area contributed by atoms with Gasteiger partial charge in [0.25, 0.3) is 0 Å². The zero-order valence-corrected chi connectivity index (χ0v) is 32.3. The van der Waals surface area contributed by atoms with E-state index in [2.05, 4.69) is 193 Å². The predicted molar refractivity (Wildman–Crippen MR) is 229 cm³/mol. The van der Waals surface area contributed by atoms with Crippen LogP contribution in [0.4, 0.5) is 17.1 Å². The second-order valence-corrected chi connectivity index (χ2v) is 15.4. The van der Waals surface area contributed by atoms with Crippen LogP contribution in [-0.2, 0) is 10.8 Å². The summed E-state index contributed by atoms with van der Waals surface area (Å²) in [5.74, 6) is 0. The van der Waals surface area contributed by atoms with E-state index in [0.717, 1.165) is 34.6 Å². The van der Waals surface area contributed by atoms with Crippen molar-refractivity contribution in [3.8, 4) is 11.1 Å². The van der Waals surface area contributed by atoms with Gasteiger partial charge in [-0.2, -0.15) is 0 Å². The first-order valence-electron chi connectivity index (χ1n) is 18.5. The van der Waals surface area contributed by atoms with Crippen molar-refractivity contribution in [1.29, 1.82) is 0 Å². The van der Waals surface area contributed by atoms with Crippen LogP contribution in [0.1, 0.15) is 93.8 Å². The molecule has 0 aliphatic heterocycles. The van der Waals surface area contributed by atoms with Gasteiger partial charge in [0.1, 0.15) is 0 Å². The van der Waals surface area contributed by atoms with Crippen LogP contribution < -0.4 is 4.90 Å². The zero-order valence-electron chi connectivity index (χ0n) is 32.3. The normalized spacial score (nSPS) is 16.9. The van der Waals surface area contributed by atoms with Crippen LogP contribution in [-0.4, -0.2) is 0 Å². The van der Waals surface area contributed by atoms with E-state index in [9.17, 15) is 0 Å². The summed E-state index contributed by atoms with van der Waals surface area (Å²) in [6.45, 7) is 25.2. The van der Waals surface area contributed by atoms with E-state index in [-0.39, 0.29) is 10.8 Å². The van der Waals surface area contributed by atoms with Crippen molar-refractivity contribution in [2.75, 3.05) is 4.90 Å². The Labute approximate surface area is 313 Å². The maximum Gasteiger partial charge on any atom is 0.0468 e. The Balaban J connectivity index is 0.00000110. The molecule has 7 rings (SSSR count). The molecule has 0 saturated heterocycles. The number of hydrogen-bond acceptors (Lipinski definition) is 1. The first-order chi connectivity index (χ1) is 24.9. The second-order valence-electron chi connectivity index (χ2n) is 15.4. The molecule has 0 N–H and O–H groups in total. The highest BCUT2D eigenvalue weighted by Crippen LogP contribution is 2.51. The molecule has 0 heterocycles. The standard InChI is InChI=1S/C47H45N.C4H8/c1-8-15-35-28-38(23-22-34(35)9-2)48(39-24-25-45-43(30-39)42-20-12-13-21-44(42)46(45,5)6)37-18-14-17-36(29-37)47(7)27-26-41(33(4)31-47)40-19-11-10-16-32(40)3;1-4(2)3/h8-26,28-31H,2,27H2,1,3-7H3;1H2,2-3H3/b15-8-;. The average molecular weight is 680 g/mol. The van der Waals surface area contributed by atoms with Crippen LogP contribution in [0.15, 0.2) is 152 Å². The minimum atomic E-state index is -0.123. The van der Waals surface area contributed by atoms with Crippen LogP contribution >= 0.6 is 0 Å². The highest BCUT2D eigenvalue weighted by atomic mass is 15.1. The van der Waals surface area contributed by atoms with Gasteiger partial charge in [-0.05, 0) is 139 Å². The molecule has 262 valence electrons. The lowest BCUT2D eigenvalue weighted by atomic mass is 9.73. The number of rotatable bonds is 7. The van der Waals surface area contributed by atoms with Gasteiger partial charge in [0.2, 0.25) is 0 Å². The summed E-state index contributed by atoms with van der Waals surface area (Å²) < 4.78 is 0. The number of allylic oxidation sites excluding steroid dienone is 6. The molecule has 0 saturated carbocycles. The van der Waals surface area contributed by atoms with Crippen molar-refractivity contribution in [3.05, 3.63) is 191 Å². The minimum Gasteiger partial charge on any atom is -0.310 e. The molecule has 0 spiro atoms. The molecular formula is C51H53N. The average Bonchev–Trinajstić information content (AvgIpc) is 3.35. The SMILES string of the molecule is C=C(C)C.C=Cc1ccc(N(c2cccc(C3(C)C=C(C)C(c4ccccc4C)=CC3)c2)c2ccc3c(c2)-c2ccccc2C3(C)C)cc1/C=C\C. The number of aryl methyl sites for hydroxylation is 1. The summed E-state index contributed by atoms with van der Waals surface area (Å²) in [7, 11) is 0. The molecule has 5 aromatic carbocycles. The summed E-state index contributed by atoms with van der Waals surface area (Å²) in [5, 5.41) is 0. The van der Waals surface area contributed by atoms with E-state index in [1.807, 2.05) is 19.9 Å². The third kappa shape index (κ3) is 6.93. The van der Waals surface area contributed by atoms with E-state index < -0.39 is 0 Å². The summed E-state index contributed by atoms with van der Waals surface area (Å²) in [6.07, 6.45) is 12.1. The molecule has 0 amide bonds. The highest BCUT2D eigenvalue weighted by Gasteiger charge is 2.36. The van der Waals surface area contributed by atoms with Crippen molar-refractivity contribution in [2.24, 2.45) is 0 Å². The van der Waals surface area contributed by atoms with E-state index in [0.29, 0.717) is 0 Å².